The van der Waals surface area contributed by atoms with E-state index >= 15 is 0 Å². The predicted octanol–water partition coefficient (Wildman–Crippen LogP) is 0.407. The van der Waals surface area contributed by atoms with Gasteiger partial charge in [-0.1, -0.05) is 0 Å². The molecule has 0 spiro atoms. The standard InChI is InChI=1S/C9H15N5/c1-8(4-10)5-13(2)6-9-11-7-12-14(9)3/h7-8H,5-6H2,1-3H3. The molecule has 5 heteroatoms. The number of hydrogen-bond donors (Lipinski definition) is 0. The van der Waals surface area contributed by atoms with Crippen LogP contribution >= 0.6 is 0 Å². The van der Waals surface area contributed by atoms with E-state index in [9.17, 15) is 0 Å². The van der Waals surface area contributed by atoms with E-state index < -0.39 is 0 Å². The summed E-state index contributed by atoms with van der Waals surface area (Å²) in [6.45, 7) is 3.39. The number of aromatic nitrogens is 3. The van der Waals surface area contributed by atoms with Gasteiger partial charge in [0.15, 0.2) is 0 Å². The summed E-state index contributed by atoms with van der Waals surface area (Å²) in [6.07, 6.45) is 1.54. The monoisotopic (exact) mass is 193 g/mol. The van der Waals surface area contributed by atoms with E-state index in [-0.39, 0.29) is 5.92 Å². The van der Waals surface area contributed by atoms with Gasteiger partial charge in [-0.3, -0.25) is 9.58 Å². The van der Waals surface area contributed by atoms with Crippen molar-refractivity contribution in [2.45, 2.75) is 13.5 Å². The molecule has 5 nitrogen and oxygen atoms in total. The van der Waals surface area contributed by atoms with Crippen LogP contribution in [0.25, 0.3) is 0 Å². The maximum Gasteiger partial charge on any atom is 0.140 e. The van der Waals surface area contributed by atoms with Gasteiger partial charge in [-0.15, -0.1) is 0 Å². The van der Waals surface area contributed by atoms with Crippen LogP contribution < -0.4 is 0 Å². The van der Waals surface area contributed by atoms with Gasteiger partial charge in [-0.25, -0.2) is 4.98 Å². The molecule has 0 aliphatic rings. The largest absolute Gasteiger partial charge is 0.298 e. The zero-order valence-electron chi connectivity index (χ0n) is 8.80. The average molecular weight is 193 g/mol. The number of nitriles is 1. The summed E-state index contributed by atoms with van der Waals surface area (Å²) >= 11 is 0. The van der Waals surface area contributed by atoms with Gasteiger partial charge in [0.05, 0.1) is 18.5 Å². The van der Waals surface area contributed by atoms with Gasteiger partial charge in [0.2, 0.25) is 0 Å². The second-order valence-electron chi connectivity index (χ2n) is 3.53. The van der Waals surface area contributed by atoms with Gasteiger partial charge in [0, 0.05) is 13.6 Å². The fourth-order valence-electron chi connectivity index (χ4n) is 1.28. The van der Waals surface area contributed by atoms with Crippen molar-refractivity contribution in [3.8, 4) is 6.07 Å². The van der Waals surface area contributed by atoms with Crippen molar-refractivity contribution >= 4 is 0 Å². The maximum absolute atomic E-state index is 8.65. The molecular weight excluding hydrogens is 178 g/mol. The van der Waals surface area contributed by atoms with Crippen molar-refractivity contribution in [2.75, 3.05) is 13.6 Å². The molecule has 0 saturated carbocycles. The molecule has 1 rings (SSSR count). The molecule has 1 heterocycles. The molecule has 1 aromatic heterocycles. The Morgan fingerprint density at radius 2 is 2.43 bits per heavy atom. The Kier molecular flexibility index (Phi) is 3.60. The van der Waals surface area contributed by atoms with Crippen LogP contribution in [0, 0.1) is 17.2 Å². The van der Waals surface area contributed by atoms with Crippen molar-refractivity contribution < 1.29 is 0 Å². The first-order valence-electron chi connectivity index (χ1n) is 4.54. The minimum atomic E-state index is 0.0493. The van der Waals surface area contributed by atoms with E-state index in [2.05, 4.69) is 21.1 Å². The minimum Gasteiger partial charge on any atom is -0.298 e. The second-order valence-corrected chi connectivity index (χ2v) is 3.53. The van der Waals surface area contributed by atoms with Crippen molar-refractivity contribution in [2.24, 2.45) is 13.0 Å². The average Bonchev–Trinajstić information content (AvgIpc) is 2.51. The lowest BCUT2D eigenvalue weighted by Gasteiger charge is -2.16. The molecule has 1 aromatic rings. The number of rotatable bonds is 4. The zero-order valence-corrected chi connectivity index (χ0v) is 8.80. The predicted molar refractivity (Wildman–Crippen MR) is 52.1 cm³/mol. The summed E-state index contributed by atoms with van der Waals surface area (Å²) in [4.78, 5) is 6.18. The van der Waals surface area contributed by atoms with Crippen LogP contribution in [0.5, 0.6) is 0 Å². The molecule has 0 radical (unpaired) electrons. The zero-order chi connectivity index (χ0) is 10.6. The molecule has 0 aromatic carbocycles. The highest BCUT2D eigenvalue weighted by molar-refractivity contribution is 4.85. The van der Waals surface area contributed by atoms with Gasteiger partial charge < -0.3 is 0 Å². The van der Waals surface area contributed by atoms with Crippen molar-refractivity contribution in [3.05, 3.63) is 12.2 Å². The van der Waals surface area contributed by atoms with Gasteiger partial charge in [-0.05, 0) is 14.0 Å². The molecule has 76 valence electrons. The molecular formula is C9H15N5. The summed E-state index contributed by atoms with van der Waals surface area (Å²) in [5.41, 5.74) is 0. The Bertz CT molecular complexity index is 324. The highest BCUT2D eigenvalue weighted by atomic mass is 15.3. The van der Waals surface area contributed by atoms with Crippen LogP contribution in [0.1, 0.15) is 12.7 Å². The molecule has 0 fully saturated rings. The third kappa shape index (κ3) is 2.82. The Balaban J connectivity index is 2.46. The SMILES string of the molecule is CC(C#N)CN(C)Cc1ncnn1C. The second kappa shape index (κ2) is 4.72. The summed E-state index contributed by atoms with van der Waals surface area (Å²) in [7, 11) is 3.84. The van der Waals surface area contributed by atoms with E-state index in [1.165, 1.54) is 6.33 Å². The van der Waals surface area contributed by atoms with Gasteiger partial charge in [0.1, 0.15) is 12.2 Å². The first-order valence-corrected chi connectivity index (χ1v) is 4.54. The molecule has 0 aliphatic heterocycles. The lowest BCUT2D eigenvalue weighted by Crippen LogP contribution is -2.24. The summed E-state index contributed by atoms with van der Waals surface area (Å²) < 4.78 is 1.74. The highest BCUT2D eigenvalue weighted by Crippen LogP contribution is 2.01. The third-order valence-corrected chi connectivity index (χ3v) is 2.02. The van der Waals surface area contributed by atoms with Crippen molar-refractivity contribution in [3.63, 3.8) is 0 Å². The molecule has 1 unspecified atom stereocenters. The molecule has 0 saturated heterocycles. The molecule has 0 N–H and O–H groups in total. The third-order valence-electron chi connectivity index (χ3n) is 2.02. The highest BCUT2D eigenvalue weighted by Gasteiger charge is 2.08. The number of hydrogen-bond acceptors (Lipinski definition) is 4. The number of nitrogens with zero attached hydrogens (tertiary/aromatic N) is 5. The lowest BCUT2D eigenvalue weighted by molar-refractivity contribution is 0.291. The van der Waals surface area contributed by atoms with Crippen molar-refractivity contribution in [1.82, 2.24) is 19.7 Å². The molecule has 0 amide bonds. The Hall–Kier alpha value is -1.41. The Labute approximate surface area is 84.0 Å². The lowest BCUT2D eigenvalue weighted by atomic mass is 10.2. The summed E-state index contributed by atoms with van der Waals surface area (Å²) in [5.74, 6) is 0.964. The van der Waals surface area contributed by atoms with Crippen LogP contribution in [0.3, 0.4) is 0 Å². The van der Waals surface area contributed by atoms with Crippen LogP contribution in [0.2, 0.25) is 0 Å². The molecule has 14 heavy (non-hydrogen) atoms. The fraction of sp³-hybridized carbons (Fsp3) is 0.667. The molecule has 0 aliphatic carbocycles. The van der Waals surface area contributed by atoms with E-state index in [4.69, 9.17) is 5.26 Å². The normalized spacial score (nSPS) is 12.8. The van der Waals surface area contributed by atoms with Crippen LogP contribution in [-0.4, -0.2) is 33.3 Å². The van der Waals surface area contributed by atoms with Gasteiger partial charge in [0.25, 0.3) is 0 Å². The fourth-order valence-corrected chi connectivity index (χ4v) is 1.28. The van der Waals surface area contributed by atoms with Gasteiger partial charge >= 0.3 is 0 Å². The van der Waals surface area contributed by atoms with Gasteiger partial charge in [-0.2, -0.15) is 10.4 Å². The minimum absolute atomic E-state index is 0.0493. The quantitative estimate of drug-likeness (QED) is 0.694. The van der Waals surface area contributed by atoms with Crippen LogP contribution in [0.4, 0.5) is 0 Å². The smallest absolute Gasteiger partial charge is 0.140 e. The van der Waals surface area contributed by atoms with E-state index in [0.29, 0.717) is 0 Å². The summed E-state index contributed by atoms with van der Waals surface area (Å²) in [5, 5.41) is 12.6. The van der Waals surface area contributed by atoms with Crippen LogP contribution in [0.15, 0.2) is 6.33 Å². The maximum atomic E-state index is 8.65. The number of aryl methyl sites for hydroxylation is 1. The van der Waals surface area contributed by atoms with E-state index in [1.807, 2.05) is 21.0 Å². The van der Waals surface area contributed by atoms with Crippen LogP contribution in [-0.2, 0) is 13.6 Å². The Morgan fingerprint density at radius 3 is 2.93 bits per heavy atom. The van der Waals surface area contributed by atoms with Crippen molar-refractivity contribution in [1.29, 1.82) is 5.26 Å². The van der Waals surface area contributed by atoms with E-state index in [1.54, 1.807) is 4.68 Å². The van der Waals surface area contributed by atoms with E-state index in [0.717, 1.165) is 18.9 Å². The Morgan fingerprint density at radius 1 is 1.71 bits per heavy atom. The topological polar surface area (TPSA) is 57.7 Å². The first kappa shape index (κ1) is 10.7. The molecule has 1 atom stereocenters. The molecule has 0 bridgehead atoms. The first-order chi connectivity index (χ1) is 6.63. The summed E-state index contributed by atoms with van der Waals surface area (Å²) in [6, 6.07) is 2.21.